The van der Waals surface area contributed by atoms with Gasteiger partial charge in [-0.1, -0.05) is 28.3 Å². The number of hydrogen-bond donors (Lipinski definition) is 4. The van der Waals surface area contributed by atoms with Gasteiger partial charge in [0.05, 0.1) is 12.8 Å². The molecular weight excluding hydrogens is 555 g/mol. The summed E-state index contributed by atoms with van der Waals surface area (Å²) < 4.78 is 45.4. The molecule has 4 rings (SSSR count). The molecule has 1 aliphatic heterocycles. The highest BCUT2D eigenvalue weighted by Gasteiger charge is 2.46. The van der Waals surface area contributed by atoms with Gasteiger partial charge in [0.25, 0.3) is 5.19 Å². The lowest BCUT2D eigenvalue weighted by Gasteiger charge is -2.41. The van der Waals surface area contributed by atoms with Crippen LogP contribution in [-0.2, 0) is 10.9 Å². The molecule has 4 N–H and O–H groups in total. The van der Waals surface area contributed by atoms with E-state index in [1.165, 1.54) is 16.9 Å². The van der Waals surface area contributed by atoms with E-state index in [0.29, 0.717) is 5.69 Å². The van der Waals surface area contributed by atoms with Gasteiger partial charge in [-0.25, -0.2) is 14.6 Å². The van der Waals surface area contributed by atoms with Crippen molar-refractivity contribution >= 4 is 39.0 Å². The quantitative estimate of drug-likeness (QED) is 0.360. The summed E-state index contributed by atoms with van der Waals surface area (Å²) in [7, 11) is 0. The molecule has 4 heterocycles. The zero-order chi connectivity index (χ0) is 23.9. The number of ether oxygens (including phenoxy) is 1. The molecular formula is C17H15BrF3N5O5S2. The molecule has 3 aromatic heterocycles. The minimum Gasteiger partial charge on any atom is -0.486 e. The van der Waals surface area contributed by atoms with Crippen LogP contribution in [0, 0.1) is 0 Å². The number of alkyl halides is 3. The maximum atomic E-state index is 13.0. The van der Waals surface area contributed by atoms with Crippen LogP contribution < -0.4 is 0 Å². The molecule has 0 aliphatic carbocycles. The molecule has 1 fully saturated rings. The molecule has 1 saturated heterocycles. The molecule has 0 amide bonds. The molecule has 0 radical (unpaired) electrons. The molecule has 0 aromatic carbocycles. The smallest absolute Gasteiger partial charge is 0.434 e. The molecule has 178 valence electrons. The van der Waals surface area contributed by atoms with Crippen LogP contribution in [0.15, 0.2) is 33.2 Å². The van der Waals surface area contributed by atoms with Crippen molar-refractivity contribution in [2.75, 3.05) is 6.61 Å². The number of hydrogen-bond acceptors (Lipinski definition) is 11. The van der Waals surface area contributed by atoms with Gasteiger partial charge in [0, 0.05) is 20.9 Å². The molecule has 16 heteroatoms. The van der Waals surface area contributed by atoms with Gasteiger partial charge in [-0.3, -0.25) is 0 Å². The normalized spacial score (nSPS) is 26.0. The number of halogens is 4. The number of aliphatic hydroxyl groups excluding tert-OH is 3. The lowest BCUT2D eigenvalue weighted by molar-refractivity contribution is -0.178. The Bertz CT molecular complexity index is 1130. The highest BCUT2D eigenvalue weighted by atomic mass is 79.9. The summed E-state index contributed by atoms with van der Waals surface area (Å²) in [6, 6.07) is 0.0834. The summed E-state index contributed by atoms with van der Waals surface area (Å²) >= 11 is 4.71. The molecule has 0 unspecified atom stereocenters. The number of thiazole rings is 1. The fourth-order valence-corrected chi connectivity index (χ4v) is 5.56. The second-order valence-electron chi connectivity index (χ2n) is 6.91. The molecule has 1 aliphatic rings. The summed E-state index contributed by atoms with van der Waals surface area (Å²) in [6.07, 6.45) is -6.13. The van der Waals surface area contributed by atoms with Crippen LogP contribution in [0.4, 0.5) is 13.2 Å². The fourth-order valence-electron chi connectivity index (χ4n) is 3.23. The van der Waals surface area contributed by atoms with Crippen molar-refractivity contribution in [1.82, 2.24) is 25.0 Å². The molecule has 0 bridgehead atoms. The Balaban J connectivity index is 1.59. The van der Waals surface area contributed by atoms with E-state index in [0.717, 1.165) is 29.3 Å². The van der Waals surface area contributed by atoms with Crippen LogP contribution in [0.1, 0.15) is 11.7 Å². The van der Waals surface area contributed by atoms with E-state index in [4.69, 9.17) is 4.74 Å². The monoisotopic (exact) mass is 569 g/mol. The van der Waals surface area contributed by atoms with Gasteiger partial charge in [0.1, 0.15) is 41.2 Å². The minimum absolute atomic E-state index is 0.168. The SMILES string of the molecule is OC[C@H]1O[C@H](Sc2cnc(C(F)(F)F)c(Br)c2)[C@H](O)[C@@H](n2cc(-c3csc(O)n3)nn2)[C@H]1O. The van der Waals surface area contributed by atoms with Gasteiger partial charge < -0.3 is 25.2 Å². The number of rotatable bonds is 5. The van der Waals surface area contributed by atoms with Gasteiger partial charge in [-0.15, -0.1) is 5.10 Å². The predicted molar refractivity (Wildman–Crippen MR) is 112 cm³/mol. The van der Waals surface area contributed by atoms with Crippen molar-refractivity contribution in [2.45, 2.75) is 40.9 Å². The van der Waals surface area contributed by atoms with Gasteiger partial charge in [0.15, 0.2) is 5.69 Å². The maximum absolute atomic E-state index is 13.0. The van der Waals surface area contributed by atoms with Crippen molar-refractivity contribution in [1.29, 1.82) is 0 Å². The van der Waals surface area contributed by atoms with Crippen molar-refractivity contribution < 1.29 is 38.3 Å². The van der Waals surface area contributed by atoms with Gasteiger partial charge >= 0.3 is 6.18 Å². The summed E-state index contributed by atoms with van der Waals surface area (Å²) in [5, 5.41) is 49.9. The molecule has 10 nitrogen and oxygen atoms in total. The Hall–Kier alpha value is -1.82. The van der Waals surface area contributed by atoms with E-state index >= 15 is 0 Å². The van der Waals surface area contributed by atoms with Gasteiger partial charge in [-0.2, -0.15) is 13.2 Å². The van der Waals surface area contributed by atoms with E-state index in [-0.39, 0.29) is 20.3 Å². The summed E-state index contributed by atoms with van der Waals surface area (Å²) in [5.74, 6) is 0. The number of aromatic hydroxyl groups is 1. The maximum Gasteiger partial charge on any atom is 0.434 e. The fraction of sp³-hybridized carbons (Fsp3) is 0.412. The lowest BCUT2D eigenvalue weighted by atomic mass is 9.97. The standard InChI is InChI=1S/C17H15BrF3N5O5S2/c18-7-1-6(2-22-14(7)17(19,20)21)33-15-13(29)11(12(28)10(4-27)31-15)26-3-8(24-25-26)9-5-32-16(30)23-9/h1-3,5,10-13,15,27-29H,4H2,(H,23,30)/t10-,11+,12+,13-,15-/m1/s1. The first-order valence-electron chi connectivity index (χ1n) is 9.17. The second kappa shape index (κ2) is 9.44. The van der Waals surface area contributed by atoms with Crippen LogP contribution in [0.25, 0.3) is 11.4 Å². The average Bonchev–Trinajstić information content (AvgIpc) is 3.38. The third-order valence-corrected chi connectivity index (χ3v) is 7.12. The molecule has 5 atom stereocenters. The van der Waals surface area contributed by atoms with Crippen LogP contribution in [0.2, 0.25) is 0 Å². The van der Waals surface area contributed by atoms with E-state index in [9.17, 15) is 33.6 Å². The van der Waals surface area contributed by atoms with Gasteiger partial charge in [0.2, 0.25) is 0 Å². The number of thioether (sulfide) groups is 1. The van der Waals surface area contributed by atoms with Crippen LogP contribution in [0.5, 0.6) is 5.19 Å². The number of nitrogens with zero attached hydrogens (tertiary/aromatic N) is 5. The first-order valence-corrected chi connectivity index (χ1v) is 11.7. The van der Waals surface area contributed by atoms with Crippen LogP contribution in [-0.4, -0.2) is 75.7 Å². The lowest BCUT2D eigenvalue weighted by Crippen LogP contribution is -2.55. The Morgan fingerprint density at radius 2 is 2.00 bits per heavy atom. The Kier molecular flexibility index (Phi) is 6.95. The van der Waals surface area contributed by atoms with Crippen molar-refractivity contribution in [3.05, 3.63) is 34.0 Å². The van der Waals surface area contributed by atoms with Crippen molar-refractivity contribution in [3.8, 4) is 16.6 Å². The first-order chi connectivity index (χ1) is 15.6. The van der Waals surface area contributed by atoms with Gasteiger partial charge in [-0.05, 0) is 22.0 Å². The second-order valence-corrected chi connectivity index (χ2v) is 9.78. The van der Waals surface area contributed by atoms with E-state index < -0.39 is 48.3 Å². The summed E-state index contributed by atoms with van der Waals surface area (Å²) in [6.45, 7) is -0.585. The number of aliphatic hydroxyl groups is 3. The summed E-state index contributed by atoms with van der Waals surface area (Å²) in [5.41, 5.74) is -1.57. The topological polar surface area (TPSA) is 147 Å². The molecule has 3 aromatic rings. The largest absolute Gasteiger partial charge is 0.486 e. The molecule has 0 spiro atoms. The van der Waals surface area contributed by atoms with E-state index in [1.54, 1.807) is 5.38 Å². The van der Waals surface area contributed by atoms with Crippen molar-refractivity contribution in [2.24, 2.45) is 0 Å². The Morgan fingerprint density at radius 1 is 1.24 bits per heavy atom. The molecule has 0 saturated carbocycles. The Labute approximate surface area is 200 Å². The minimum atomic E-state index is -4.64. The predicted octanol–water partition coefficient (Wildman–Crippen LogP) is 2.06. The zero-order valence-corrected chi connectivity index (χ0v) is 19.4. The summed E-state index contributed by atoms with van der Waals surface area (Å²) in [4.78, 5) is 7.57. The van der Waals surface area contributed by atoms with Crippen LogP contribution >= 0.6 is 39.0 Å². The van der Waals surface area contributed by atoms with Crippen LogP contribution in [0.3, 0.4) is 0 Å². The van der Waals surface area contributed by atoms with E-state index in [1.807, 2.05) is 0 Å². The third-order valence-electron chi connectivity index (χ3n) is 4.76. The third kappa shape index (κ3) is 5.01. The highest BCUT2D eigenvalue weighted by molar-refractivity contribution is 9.10. The van der Waals surface area contributed by atoms with Crippen molar-refractivity contribution in [3.63, 3.8) is 0 Å². The number of pyridine rings is 1. The highest BCUT2D eigenvalue weighted by Crippen LogP contribution is 2.40. The first kappa shape index (κ1) is 24.3. The van der Waals surface area contributed by atoms with E-state index in [2.05, 4.69) is 36.2 Å². The number of aromatic nitrogens is 5. The Morgan fingerprint density at radius 3 is 2.61 bits per heavy atom. The molecule has 33 heavy (non-hydrogen) atoms. The average molecular weight is 570 g/mol. The zero-order valence-electron chi connectivity index (χ0n) is 16.2.